The van der Waals surface area contributed by atoms with Gasteiger partial charge in [0.15, 0.2) is 5.84 Å². The summed E-state index contributed by atoms with van der Waals surface area (Å²) < 4.78 is 5.74. The minimum absolute atomic E-state index is 0.111. The lowest BCUT2D eigenvalue weighted by molar-refractivity contribution is 0.193. The molecule has 0 aliphatic carbocycles. The van der Waals surface area contributed by atoms with E-state index in [2.05, 4.69) is 17.0 Å². The molecule has 1 atom stereocenters. The van der Waals surface area contributed by atoms with Gasteiger partial charge in [-0.1, -0.05) is 12.1 Å². The molecule has 1 saturated heterocycles. The monoisotopic (exact) mass is 277 g/mol. The van der Waals surface area contributed by atoms with Crippen LogP contribution in [0.1, 0.15) is 31.7 Å². The van der Waals surface area contributed by atoms with Gasteiger partial charge in [0.2, 0.25) is 0 Å². The third-order valence-electron chi connectivity index (χ3n) is 3.88. The zero-order valence-corrected chi connectivity index (χ0v) is 12.0. The van der Waals surface area contributed by atoms with Crippen molar-refractivity contribution in [1.82, 2.24) is 4.90 Å². The molecule has 110 valence electrons. The molecule has 3 N–H and O–H groups in total. The van der Waals surface area contributed by atoms with Gasteiger partial charge in [0, 0.05) is 18.2 Å². The van der Waals surface area contributed by atoms with Crippen LogP contribution in [-0.2, 0) is 0 Å². The van der Waals surface area contributed by atoms with E-state index in [1.165, 1.54) is 25.8 Å². The molecular weight excluding hydrogens is 254 g/mol. The van der Waals surface area contributed by atoms with Crippen LogP contribution in [0.5, 0.6) is 5.75 Å². The molecule has 1 aliphatic rings. The second kappa shape index (κ2) is 7.14. The van der Waals surface area contributed by atoms with Crippen molar-refractivity contribution in [3.63, 3.8) is 0 Å². The van der Waals surface area contributed by atoms with Crippen LogP contribution in [0, 0.1) is 0 Å². The van der Waals surface area contributed by atoms with Crippen molar-refractivity contribution in [2.45, 2.75) is 32.2 Å². The van der Waals surface area contributed by atoms with Crippen molar-refractivity contribution >= 4 is 5.84 Å². The lowest BCUT2D eigenvalue weighted by Gasteiger charge is -2.23. The van der Waals surface area contributed by atoms with Gasteiger partial charge < -0.3 is 15.7 Å². The number of rotatable bonds is 6. The Hall–Kier alpha value is -1.75. The number of amidine groups is 1. The maximum absolute atomic E-state index is 8.59. The lowest BCUT2D eigenvalue weighted by Crippen LogP contribution is -2.32. The normalized spacial score (nSPS) is 20.2. The van der Waals surface area contributed by atoms with E-state index in [9.17, 15) is 0 Å². The molecule has 0 spiro atoms. The molecule has 0 aromatic heterocycles. The first-order valence-corrected chi connectivity index (χ1v) is 7.19. The van der Waals surface area contributed by atoms with Crippen LogP contribution >= 0.6 is 0 Å². The molecule has 2 rings (SSSR count). The molecule has 0 radical (unpaired) electrons. The first kappa shape index (κ1) is 14.7. The molecule has 20 heavy (non-hydrogen) atoms. The summed E-state index contributed by atoms with van der Waals surface area (Å²) in [7, 11) is 0. The van der Waals surface area contributed by atoms with Gasteiger partial charge in [0.1, 0.15) is 12.4 Å². The van der Waals surface area contributed by atoms with Gasteiger partial charge in [-0.05, 0) is 50.1 Å². The largest absolute Gasteiger partial charge is 0.492 e. The number of nitrogens with two attached hydrogens (primary N) is 1. The molecule has 1 unspecified atom stereocenters. The van der Waals surface area contributed by atoms with Crippen LogP contribution in [0.3, 0.4) is 0 Å². The number of hydrogen-bond donors (Lipinski definition) is 2. The molecule has 1 aromatic carbocycles. The third kappa shape index (κ3) is 3.63. The molecule has 0 amide bonds. The Labute approximate surface area is 120 Å². The number of ether oxygens (including phenoxy) is 1. The van der Waals surface area contributed by atoms with E-state index in [4.69, 9.17) is 15.7 Å². The number of likely N-dealkylation sites (tertiary alicyclic amines) is 1. The minimum atomic E-state index is 0.111. The van der Waals surface area contributed by atoms with E-state index < -0.39 is 0 Å². The number of oxime groups is 1. The molecule has 0 bridgehead atoms. The van der Waals surface area contributed by atoms with Crippen molar-refractivity contribution in [3.8, 4) is 5.75 Å². The highest BCUT2D eigenvalue weighted by Crippen LogP contribution is 2.19. The Morgan fingerprint density at radius 1 is 1.45 bits per heavy atom. The van der Waals surface area contributed by atoms with Gasteiger partial charge in [-0.2, -0.15) is 0 Å². The van der Waals surface area contributed by atoms with E-state index in [0.29, 0.717) is 12.2 Å². The van der Waals surface area contributed by atoms with E-state index in [1.807, 2.05) is 12.1 Å². The fourth-order valence-electron chi connectivity index (χ4n) is 2.71. The minimum Gasteiger partial charge on any atom is -0.492 e. The average molecular weight is 277 g/mol. The zero-order chi connectivity index (χ0) is 14.4. The predicted molar refractivity (Wildman–Crippen MR) is 79.3 cm³/mol. The van der Waals surface area contributed by atoms with Crippen molar-refractivity contribution in [1.29, 1.82) is 0 Å². The van der Waals surface area contributed by atoms with Crippen LogP contribution in [0.4, 0.5) is 0 Å². The molecular formula is C15H23N3O2. The summed E-state index contributed by atoms with van der Waals surface area (Å²) in [6.45, 7) is 5.10. The quantitative estimate of drug-likeness (QED) is 0.361. The van der Waals surface area contributed by atoms with Crippen LogP contribution in [0.25, 0.3) is 0 Å². The Kier molecular flexibility index (Phi) is 5.24. The maximum Gasteiger partial charge on any atom is 0.170 e. The maximum atomic E-state index is 8.59. The molecule has 1 heterocycles. The standard InChI is InChI=1S/C15H23N3O2/c1-2-13-4-3-9-18(13)10-11-20-14-7-5-12(6-8-14)15(16)17-19/h5-8,13,19H,2-4,9-11H2,1H3,(H2,16,17). The molecule has 5 nitrogen and oxygen atoms in total. The van der Waals surface area contributed by atoms with Crippen molar-refractivity contribution in [3.05, 3.63) is 29.8 Å². The van der Waals surface area contributed by atoms with Crippen molar-refractivity contribution in [2.24, 2.45) is 10.9 Å². The summed E-state index contributed by atoms with van der Waals surface area (Å²) in [6.07, 6.45) is 3.83. The Morgan fingerprint density at radius 3 is 2.85 bits per heavy atom. The smallest absolute Gasteiger partial charge is 0.170 e. The van der Waals surface area contributed by atoms with Crippen molar-refractivity contribution in [2.75, 3.05) is 19.7 Å². The molecule has 1 fully saturated rings. The van der Waals surface area contributed by atoms with Crippen LogP contribution in [-0.4, -0.2) is 41.7 Å². The van der Waals surface area contributed by atoms with Crippen LogP contribution in [0.15, 0.2) is 29.4 Å². The zero-order valence-electron chi connectivity index (χ0n) is 12.0. The van der Waals surface area contributed by atoms with E-state index >= 15 is 0 Å². The fourth-order valence-corrected chi connectivity index (χ4v) is 2.71. The SMILES string of the molecule is CCC1CCCN1CCOc1ccc(/C(N)=N/O)cc1. The summed E-state index contributed by atoms with van der Waals surface area (Å²) in [5.74, 6) is 0.922. The van der Waals surface area contributed by atoms with Crippen LogP contribution in [0.2, 0.25) is 0 Å². The highest BCUT2D eigenvalue weighted by atomic mass is 16.5. The summed E-state index contributed by atoms with van der Waals surface area (Å²) in [5, 5.41) is 11.6. The van der Waals surface area contributed by atoms with E-state index in [0.717, 1.165) is 18.3 Å². The van der Waals surface area contributed by atoms with Gasteiger partial charge in [-0.25, -0.2) is 0 Å². The fraction of sp³-hybridized carbons (Fsp3) is 0.533. The van der Waals surface area contributed by atoms with Gasteiger partial charge in [0.05, 0.1) is 0 Å². The third-order valence-corrected chi connectivity index (χ3v) is 3.88. The Bertz CT molecular complexity index is 445. The predicted octanol–water partition coefficient (Wildman–Crippen LogP) is 2.03. The summed E-state index contributed by atoms with van der Waals surface area (Å²) in [6, 6.07) is 7.98. The lowest BCUT2D eigenvalue weighted by atomic mass is 10.2. The summed E-state index contributed by atoms with van der Waals surface area (Å²) >= 11 is 0. The topological polar surface area (TPSA) is 71.1 Å². The number of benzene rings is 1. The van der Waals surface area contributed by atoms with Gasteiger partial charge in [-0.3, -0.25) is 4.90 Å². The molecule has 0 saturated carbocycles. The van der Waals surface area contributed by atoms with E-state index in [1.54, 1.807) is 12.1 Å². The molecule has 1 aromatic rings. The van der Waals surface area contributed by atoms with Gasteiger partial charge in [-0.15, -0.1) is 0 Å². The average Bonchev–Trinajstić information content (AvgIpc) is 2.94. The van der Waals surface area contributed by atoms with Crippen LogP contribution < -0.4 is 10.5 Å². The molecule has 5 heteroatoms. The van der Waals surface area contributed by atoms with Crippen molar-refractivity contribution < 1.29 is 9.94 Å². The number of nitrogens with zero attached hydrogens (tertiary/aromatic N) is 2. The second-order valence-corrected chi connectivity index (χ2v) is 5.10. The molecule has 1 aliphatic heterocycles. The summed E-state index contributed by atoms with van der Waals surface area (Å²) in [5.41, 5.74) is 6.20. The highest BCUT2D eigenvalue weighted by molar-refractivity contribution is 5.97. The van der Waals surface area contributed by atoms with Gasteiger partial charge >= 0.3 is 0 Å². The van der Waals surface area contributed by atoms with Gasteiger partial charge in [0.25, 0.3) is 0 Å². The Morgan fingerprint density at radius 2 is 2.20 bits per heavy atom. The first-order valence-electron chi connectivity index (χ1n) is 7.19. The van der Waals surface area contributed by atoms with E-state index in [-0.39, 0.29) is 5.84 Å². The summed E-state index contributed by atoms with van der Waals surface area (Å²) in [4.78, 5) is 2.50. The Balaban J connectivity index is 1.79. The first-order chi connectivity index (χ1) is 9.74. The highest BCUT2D eigenvalue weighted by Gasteiger charge is 2.22. The second-order valence-electron chi connectivity index (χ2n) is 5.10. The number of hydrogen-bond acceptors (Lipinski definition) is 4.